The van der Waals surface area contributed by atoms with Crippen LogP contribution in [0.1, 0.15) is 36.8 Å². The number of nitrogens with one attached hydrogen (secondary N) is 1. The molecule has 32 heavy (non-hydrogen) atoms. The highest BCUT2D eigenvalue weighted by molar-refractivity contribution is 9.10. The summed E-state index contributed by atoms with van der Waals surface area (Å²) < 4.78 is 0.951. The van der Waals surface area contributed by atoms with Gasteiger partial charge in [-0.3, -0.25) is 9.59 Å². The monoisotopic (exact) mass is 538 g/mol. The van der Waals surface area contributed by atoms with E-state index in [2.05, 4.69) is 21.2 Å². The topological polar surface area (TPSA) is 69.6 Å². The molecule has 1 saturated heterocycles. The standard InChI is InChI=1S/C24H25BrCl2N2O3/c25-16-3-1-15(2-4-16)13-21(22(31)29-11-7-18(30)8-12-29)28-23(32)24(9-10-24)19-6-5-17(26)14-20(19)27/h1-6,14,18,21,30H,7-13H2,(H,28,32)/t21-/m0/s1. The van der Waals surface area contributed by atoms with Gasteiger partial charge in [-0.05, 0) is 61.1 Å². The fourth-order valence-corrected chi connectivity index (χ4v) is 5.13. The average molecular weight is 540 g/mol. The zero-order chi connectivity index (χ0) is 22.9. The van der Waals surface area contributed by atoms with E-state index in [0.717, 1.165) is 15.6 Å². The van der Waals surface area contributed by atoms with E-state index in [1.54, 1.807) is 23.1 Å². The van der Waals surface area contributed by atoms with Gasteiger partial charge in [0.05, 0.1) is 11.5 Å². The van der Waals surface area contributed by atoms with Gasteiger partial charge >= 0.3 is 0 Å². The number of likely N-dealkylation sites (tertiary alicyclic amines) is 1. The summed E-state index contributed by atoms with van der Waals surface area (Å²) in [6.07, 6.45) is 2.47. The molecular formula is C24H25BrCl2N2O3. The highest BCUT2D eigenvalue weighted by atomic mass is 79.9. The number of carbonyl (C=O) groups excluding carboxylic acids is 2. The number of amides is 2. The molecule has 4 rings (SSSR count). The van der Waals surface area contributed by atoms with Crippen LogP contribution < -0.4 is 5.32 Å². The van der Waals surface area contributed by atoms with Crippen molar-refractivity contribution < 1.29 is 14.7 Å². The molecule has 1 aliphatic heterocycles. The predicted molar refractivity (Wildman–Crippen MR) is 129 cm³/mol. The molecule has 0 radical (unpaired) electrons. The van der Waals surface area contributed by atoms with E-state index in [1.165, 1.54) is 0 Å². The van der Waals surface area contributed by atoms with Crippen LogP contribution in [-0.4, -0.2) is 47.1 Å². The highest BCUT2D eigenvalue weighted by Gasteiger charge is 2.53. The Bertz CT molecular complexity index is 1000. The third-order valence-electron chi connectivity index (χ3n) is 6.36. The van der Waals surface area contributed by atoms with Crippen LogP contribution in [0.5, 0.6) is 0 Å². The molecule has 2 aliphatic rings. The summed E-state index contributed by atoms with van der Waals surface area (Å²) >= 11 is 15.9. The van der Waals surface area contributed by atoms with Crippen LogP contribution in [0.3, 0.4) is 0 Å². The molecule has 8 heteroatoms. The fourth-order valence-electron chi connectivity index (χ4n) is 4.28. The Hall–Kier alpha value is -1.60. The van der Waals surface area contributed by atoms with Gasteiger partial charge in [0, 0.05) is 34.0 Å². The van der Waals surface area contributed by atoms with Crippen molar-refractivity contribution in [2.75, 3.05) is 13.1 Å². The molecule has 0 unspecified atom stereocenters. The first-order valence-electron chi connectivity index (χ1n) is 10.8. The second kappa shape index (κ2) is 9.72. The Morgan fingerprint density at radius 1 is 1.12 bits per heavy atom. The maximum atomic E-state index is 13.4. The van der Waals surface area contributed by atoms with E-state index in [1.807, 2.05) is 24.3 Å². The zero-order valence-electron chi connectivity index (χ0n) is 17.5. The van der Waals surface area contributed by atoms with E-state index in [0.29, 0.717) is 55.2 Å². The molecule has 2 aromatic rings. The minimum atomic E-state index is -0.724. The molecule has 1 heterocycles. The highest BCUT2D eigenvalue weighted by Crippen LogP contribution is 2.51. The lowest BCUT2D eigenvalue weighted by Gasteiger charge is -2.33. The van der Waals surface area contributed by atoms with Gasteiger partial charge in [-0.25, -0.2) is 0 Å². The summed E-state index contributed by atoms with van der Waals surface area (Å²) in [5, 5.41) is 13.8. The third-order valence-corrected chi connectivity index (χ3v) is 7.44. The third kappa shape index (κ3) is 5.14. The number of halogens is 3. The normalized spacial score (nSPS) is 18.8. The number of piperidine rings is 1. The van der Waals surface area contributed by atoms with Gasteiger partial charge in [-0.15, -0.1) is 0 Å². The molecule has 0 spiro atoms. The van der Waals surface area contributed by atoms with Crippen LogP contribution in [-0.2, 0) is 21.4 Å². The molecule has 0 aromatic heterocycles. The van der Waals surface area contributed by atoms with Gasteiger partial charge in [-0.2, -0.15) is 0 Å². The number of aliphatic hydroxyl groups excluding tert-OH is 1. The van der Waals surface area contributed by atoms with Crippen molar-refractivity contribution in [3.8, 4) is 0 Å². The molecule has 170 valence electrons. The molecule has 5 nitrogen and oxygen atoms in total. The second-order valence-corrected chi connectivity index (χ2v) is 10.4. The number of benzene rings is 2. The molecule has 2 fully saturated rings. The molecule has 1 saturated carbocycles. The Balaban J connectivity index is 1.55. The summed E-state index contributed by atoms with van der Waals surface area (Å²) in [6.45, 7) is 0.974. The number of nitrogens with zero attached hydrogens (tertiary/aromatic N) is 1. The number of rotatable bonds is 6. The van der Waals surface area contributed by atoms with Gasteiger partial charge in [0.15, 0.2) is 0 Å². The van der Waals surface area contributed by atoms with Crippen molar-refractivity contribution in [2.45, 2.75) is 49.7 Å². The van der Waals surface area contributed by atoms with E-state index in [4.69, 9.17) is 23.2 Å². The van der Waals surface area contributed by atoms with Crippen LogP contribution in [0.25, 0.3) is 0 Å². The van der Waals surface area contributed by atoms with Gasteiger partial charge in [0.25, 0.3) is 0 Å². The summed E-state index contributed by atoms with van der Waals surface area (Å²) in [4.78, 5) is 28.6. The Morgan fingerprint density at radius 2 is 1.78 bits per heavy atom. The van der Waals surface area contributed by atoms with Gasteiger partial charge in [0.2, 0.25) is 11.8 Å². The van der Waals surface area contributed by atoms with Crippen LogP contribution in [0.15, 0.2) is 46.9 Å². The van der Waals surface area contributed by atoms with Crippen LogP contribution in [0.4, 0.5) is 0 Å². The van der Waals surface area contributed by atoms with Crippen LogP contribution in [0.2, 0.25) is 10.0 Å². The zero-order valence-corrected chi connectivity index (χ0v) is 20.6. The first-order chi connectivity index (χ1) is 15.3. The Labute approximate surface area is 206 Å². The molecule has 0 bridgehead atoms. The lowest BCUT2D eigenvalue weighted by Crippen LogP contribution is -2.54. The summed E-state index contributed by atoms with van der Waals surface area (Å²) in [5.41, 5.74) is 0.980. The molecule has 1 aliphatic carbocycles. The molecular weight excluding hydrogens is 515 g/mol. The number of hydrogen-bond acceptors (Lipinski definition) is 3. The first kappa shape index (κ1) is 23.6. The minimum absolute atomic E-state index is 0.119. The van der Waals surface area contributed by atoms with Gasteiger partial charge in [-0.1, -0.05) is 57.3 Å². The Morgan fingerprint density at radius 3 is 2.38 bits per heavy atom. The van der Waals surface area contributed by atoms with Gasteiger partial charge in [0.1, 0.15) is 6.04 Å². The summed E-state index contributed by atoms with van der Waals surface area (Å²) in [6, 6.07) is 12.2. The molecule has 2 aromatic carbocycles. The minimum Gasteiger partial charge on any atom is -0.393 e. The molecule has 1 atom stereocenters. The molecule has 2 amide bonds. The van der Waals surface area contributed by atoms with Crippen molar-refractivity contribution in [2.24, 2.45) is 0 Å². The summed E-state index contributed by atoms with van der Waals surface area (Å²) in [5.74, 6) is -0.305. The average Bonchev–Trinajstić information content (AvgIpc) is 3.56. The quantitative estimate of drug-likeness (QED) is 0.568. The van der Waals surface area contributed by atoms with Crippen molar-refractivity contribution in [3.63, 3.8) is 0 Å². The Kier molecular flexibility index (Phi) is 7.15. The van der Waals surface area contributed by atoms with Crippen molar-refractivity contribution in [1.82, 2.24) is 10.2 Å². The predicted octanol–water partition coefficient (Wildman–Crippen LogP) is 4.50. The van der Waals surface area contributed by atoms with Crippen LogP contribution >= 0.6 is 39.1 Å². The lowest BCUT2D eigenvalue weighted by molar-refractivity contribution is -0.138. The maximum Gasteiger partial charge on any atom is 0.245 e. The lowest BCUT2D eigenvalue weighted by atomic mass is 9.93. The SMILES string of the molecule is O=C([C@H](Cc1ccc(Br)cc1)NC(=O)C1(c2ccc(Cl)cc2Cl)CC1)N1CCC(O)CC1. The number of hydrogen-bond donors (Lipinski definition) is 2. The maximum absolute atomic E-state index is 13.4. The number of aliphatic hydroxyl groups is 1. The van der Waals surface area contributed by atoms with Gasteiger partial charge < -0.3 is 15.3 Å². The van der Waals surface area contributed by atoms with Crippen molar-refractivity contribution >= 4 is 50.9 Å². The number of carbonyl (C=O) groups is 2. The van der Waals surface area contributed by atoms with E-state index >= 15 is 0 Å². The van der Waals surface area contributed by atoms with E-state index < -0.39 is 11.5 Å². The second-order valence-electron chi connectivity index (χ2n) is 8.62. The van der Waals surface area contributed by atoms with E-state index in [9.17, 15) is 14.7 Å². The summed E-state index contributed by atoms with van der Waals surface area (Å²) in [7, 11) is 0. The van der Waals surface area contributed by atoms with Crippen LogP contribution in [0, 0.1) is 0 Å². The van der Waals surface area contributed by atoms with Crippen molar-refractivity contribution in [1.29, 1.82) is 0 Å². The largest absolute Gasteiger partial charge is 0.393 e. The van der Waals surface area contributed by atoms with E-state index in [-0.39, 0.29) is 17.9 Å². The smallest absolute Gasteiger partial charge is 0.245 e. The molecule has 2 N–H and O–H groups in total. The van der Waals surface area contributed by atoms with Crippen molar-refractivity contribution in [3.05, 3.63) is 68.1 Å². The first-order valence-corrected chi connectivity index (χ1v) is 12.3. The fraction of sp³-hybridized carbons (Fsp3) is 0.417.